The third-order valence-electron chi connectivity index (χ3n) is 5.41. The number of hydrogen-bond donors (Lipinski definition) is 1. The summed E-state index contributed by atoms with van der Waals surface area (Å²) >= 11 is 1.63. The molecule has 1 N–H and O–H groups in total. The molecular formula is C21H26FNO2S. The van der Waals surface area contributed by atoms with Crippen molar-refractivity contribution in [1.29, 1.82) is 0 Å². The summed E-state index contributed by atoms with van der Waals surface area (Å²) in [6.45, 7) is 7.01. The van der Waals surface area contributed by atoms with E-state index in [9.17, 15) is 14.3 Å². The highest BCUT2D eigenvalue weighted by Crippen LogP contribution is 2.47. The van der Waals surface area contributed by atoms with Gasteiger partial charge in [-0.05, 0) is 55.2 Å². The second kappa shape index (κ2) is 7.87. The molecule has 1 aromatic carbocycles. The molecule has 1 atom stereocenters. The number of carbonyl (C=O) groups is 1. The minimum atomic E-state index is -0.776. The summed E-state index contributed by atoms with van der Waals surface area (Å²) < 4.78 is 16.6. The number of nitrogens with zero attached hydrogens (tertiary/aromatic N) is 1. The Morgan fingerprint density at radius 3 is 2.77 bits per heavy atom. The minimum Gasteiger partial charge on any atom is -0.481 e. The lowest BCUT2D eigenvalue weighted by molar-refractivity contribution is -0.137. The molecule has 0 fully saturated rings. The van der Waals surface area contributed by atoms with Gasteiger partial charge in [-0.15, -0.1) is 0 Å². The smallest absolute Gasteiger partial charge is 0.304 e. The van der Waals surface area contributed by atoms with E-state index in [4.69, 9.17) is 0 Å². The summed E-state index contributed by atoms with van der Waals surface area (Å²) in [6.07, 6.45) is 4.84. The average molecular weight is 376 g/mol. The summed E-state index contributed by atoms with van der Waals surface area (Å²) in [5.74, 6) is -0.685. The zero-order chi connectivity index (χ0) is 18.8. The number of allylic oxidation sites excluding steroid dienone is 1. The van der Waals surface area contributed by atoms with Crippen LogP contribution in [-0.2, 0) is 11.3 Å². The van der Waals surface area contributed by atoms with E-state index in [0.29, 0.717) is 5.92 Å². The third-order valence-corrected chi connectivity index (χ3v) is 6.47. The molecule has 0 saturated carbocycles. The van der Waals surface area contributed by atoms with Gasteiger partial charge in [-0.2, -0.15) is 0 Å². The molecule has 3 nitrogen and oxygen atoms in total. The first-order valence-electron chi connectivity index (χ1n) is 9.36. The Hall–Kier alpha value is -1.75. The molecule has 1 aromatic heterocycles. The van der Waals surface area contributed by atoms with Crippen molar-refractivity contribution < 1.29 is 14.3 Å². The number of fused-ring (bicyclic) bond motifs is 3. The standard InChI is InChI=1S/C21H26FNO2S/c1-4-9-26-21-19-16(13(5-2)6-3)11-15(22)12-17(19)23-8-7-14(20(21)23)10-18(24)25/h4,9,11-14H,5-8,10H2,1-3H3,(H,24,25)/b9-4+. The van der Waals surface area contributed by atoms with Gasteiger partial charge >= 0.3 is 5.97 Å². The Morgan fingerprint density at radius 1 is 1.42 bits per heavy atom. The number of carboxylic acid groups (broad SMARTS) is 1. The van der Waals surface area contributed by atoms with E-state index in [1.807, 2.05) is 18.4 Å². The summed E-state index contributed by atoms with van der Waals surface area (Å²) in [6, 6.07) is 3.30. The van der Waals surface area contributed by atoms with Crippen LogP contribution in [0.4, 0.5) is 4.39 Å². The number of aromatic nitrogens is 1. The van der Waals surface area contributed by atoms with Crippen LogP contribution in [0.1, 0.15) is 69.5 Å². The third kappa shape index (κ3) is 3.29. The first-order chi connectivity index (χ1) is 12.5. The Balaban J connectivity index is 2.30. The highest BCUT2D eigenvalue weighted by molar-refractivity contribution is 8.02. The molecular weight excluding hydrogens is 349 g/mol. The Bertz CT molecular complexity index is 852. The lowest BCUT2D eigenvalue weighted by Gasteiger charge is -2.16. The van der Waals surface area contributed by atoms with Crippen molar-refractivity contribution in [2.45, 2.75) is 69.7 Å². The van der Waals surface area contributed by atoms with Crippen molar-refractivity contribution in [1.82, 2.24) is 4.57 Å². The number of aliphatic carboxylic acids is 1. The maximum absolute atomic E-state index is 14.4. The maximum atomic E-state index is 14.4. The molecule has 0 saturated heterocycles. The number of carboxylic acids is 1. The summed E-state index contributed by atoms with van der Waals surface area (Å²) in [5.41, 5.74) is 3.05. The van der Waals surface area contributed by atoms with E-state index in [-0.39, 0.29) is 18.2 Å². The number of rotatable bonds is 7. The van der Waals surface area contributed by atoms with Gasteiger partial charge in [-0.1, -0.05) is 31.7 Å². The van der Waals surface area contributed by atoms with Gasteiger partial charge < -0.3 is 9.67 Å². The molecule has 1 aliphatic rings. The van der Waals surface area contributed by atoms with E-state index in [1.165, 1.54) is 0 Å². The number of thioether (sulfide) groups is 1. The first kappa shape index (κ1) is 19.0. The van der Waals surface area contributed by atoms with Crippen LogP contribution in [0.5, 0.6) is 0 Å². The molecule has 2 aromatic rings. The zero-order valence-electron chi connectivity index (χ0n) is 15.6. The molecule has 2 heterocycles. The lowest BCUT2D eigenvalue weighted by atomic mass is 9.90. The molecule has 1 unspecified atom stereocenters. The van der Waals surface area contributed by atoms with Gasteiger partial charge in [0.05, 0.1) is 11.9 Å². The molecule has 0 bridgehead atoms. The second-order valence-corrected chi connectivity index (χ2v) is 7.86. The summed E-state index contributed by atoms with van der Waals surface area (Å²) in [4.78, 5) is 12.5. The predicted octanol–water partition coefficient (Wildman–Crippen LogP) is 6.27. The van der Waals surface area contributed by atoms with Crippen LogP contribution in [-0.4, -0.2) is 15.6 Å². The molecule has 5 heteroatoms. The van der Waals surface area contributed by atoms with E-state index in [2.05, 4.69) is 18.4 Å². The predicted molar refractivity (Wildman–Crippen MR) is 106 cm³/mol. The molecule has 0 radical (unpaired) electrons. The minimum absolute atomic E-state index is 0.00901. The molecule has 3 rings (SSSR count). The molecule has 0 aliphatic carbocycles. The van der Waals surface area contributed by atoms with Crippen LogP contribution in [0.3, 0.4) is 0 Å². The van der Waals surface area contributed by atoms with E-state index < -0.39 is 5.97 Å². The SMILES string of the molecule is C/C=C/Sc1c2n(c3cc(F)cc(C(CC)CC)c13)CCC2CC(=O)O. The fraction of sp³-hybridized carbons (Fsp3) is 0.476. The van der Waals surface area contributed by atoms with E-state index in [0.717, 1.165) is 52.9 Å². The second-order valence-electron chi connectivity index (χ2n) is 6.94. The van der Waals surface area contributed by atoms with Gasteiger partial charge in [-0.3, -0.25) is 4.79 Å². The number of hydrogen-bond acceptors (Lipinski definition) is 2. The van der Waals surface area contributed by atoms with Crippen LogP contribution >= 0.6 is 11.8 Å². The van der Waals surface area contributed by atoms with Crippen molar-refractivity contribution in [3.05, 3.63) is 40.7 Å². The monoisotopic (exact) mass is 375 g/mol. The van der Waals surface area contributed by atoms with Crippen LogP contribution in [0.25, 0.3) is 10.9 Å². The van der Waals surface area contributed by atoms with Gasteiger partial charge in [0.25, 0.3) is 0 Å². The lowest BCUT2D eigenvalue weighted by Crippen LogP contribution is -2.04. The van der Waals surface area contributed by atoms with Crippen molar-refractivity contribution in [2.24, 2.45) is 0 Å². The molecule has 1 aliphatic heterocycles. The summed E-state index contributed by atoms with van der Waals surface area (Å²) in [5, 5.41) is 12.5. The summed E-state index contributed by atoms with van der Waals surface area (Å²) in [7, 11) is 0. The van der Waals surface area contributed by atoms with Crippen molar-refractivity contribution in [2.75, 3.05) is 0 Å². The maximum Gasteiger partial charge on any atom is 0.304 e. The van der Waals surface area contributed by atoms with Gasteiger partial charge in [-0.25, -0.2) is 4.39 Å². The highest BCUT2D eigenvalue weighted by atomic mass is 32.2. The molecule has 26 heavy (non-hydrogen) atoms. The van der Waals surface area contributed by atoms with Crippen molar-refractivity contribution in [3.8, 4) is 0 Å². The molecule has 0 amide bonds. The van der Waals surface area contributed by atoms with Crippen LogP contribution < -0.4 is 0 Å². The number of aryl methyl sites for hydroxylation is 1. The quantitative estimate of drug-likeness (QED) is 0.580. The van der Waals surface area contributed by atoms with E-state index >= 15 is 0 Å². The van der Waals surface area contributed by atoms with Gasteiger partial charge in [0.2, 0.25) is 0 Å². The Kier molecular flexibility index (Phi) is 5.76. The van der Waals surface area contributed by atoms with Crippen LogP contribution in [0.2, 0.25) is 0 Å². The van der Waals surface area contributed by atoms with Gasteiger partial charge in [0.15, 0.2) is 0 Å². The normalized spacial score (nSPS) is 16.9. The Labute approximate surface area is 158 Å². The van der Waals surface area contributed by atoms with Crippen LogP contribution in [0.15, 0.2) is 28.5 Å². The fourth-order valence-corrected chi connectivity index (χ4v) is 5.25. The topological polar surface area (TPSA) is 42.2 Å². The number of halogens is 1. The zero-order valence-corrected chi connectivity index (χ0v) is 16.4. The Morgan fingerprint density at radius 2 is 2.15 bits per heavy atom. The first-order valence-corrected chi connectivity index (χ1v) is 10.2. The number of benzene rings is 1. The fourth-order valence-electron chi connectivity index (χ4n) is 4.24. The average Bonchev–Trinajstić information content (AvgIpc) is 3.13. The molecule has 140 valence electrons. The largest absolute Gasteiger partial charge is 0.481 e. The van der Waals surface area contributed by atoms with Crippen LogP contribution in [0, 0.1) is 5.82 Å². The van der Waals surface area contributed by atoms with Crippen molar-refractivity contribution in [3.63, 3.8) is 0 Å². The van der Waals surface area contributed by atoms with E-state index in [1.54, 1.807) is 23.9 Å². The highest BCUT2D eigenvalue weighted by Gasteiger charge is 2.32. The van der Waals surface area contributed by atoms with Gasteiger partial charge in [0, 0.05) is 28.4 Å². The molecule has 0 spiro atoms. The van der Waals surface area contributed by atoms with Gasteiger partial charge in [0.1, 0.15) is 5.82 Å². The van der Waals surface area contributed by atoms with Crippen molar-refractivity contribution >= 4 is 28.6 Å².